The minimum atomic E-state index is -0.734. The van der Waals surface area contributed by atoms with Crippen LogP contribution in [0, 0.1) is 12.8 Å². The molecular weight excluding hydrogens is 422 g/mol. The van der Waals surface area contributed by atoms with E-state index in [2.05, 4.69) is 12.2 Å². The summed E-state index contributed by atoms with van der Waals surface area (Å²) in [7, 11) is 0. The van der Waals surface area contributed by atoms with Crippen molar-refractivity contribution in [3.8, 4) is 5.75 Å². The molecule has 0 fully saturated rings. The van der Waals surface area contributed by atoms with Gasteiger partial charge >= 0.3 is 5.97 Å². The maximum Gasteiger partial charge on any atom is 0.341 e. The highest BCUT2D eigenvalue weighted by Gasteiger charge is 2.30. The number of fused-ring (bicyclic) bond motifs is 1. The van der Waals surface area contributed by atoms with Crippen LogP contribution in [0.3, 0.4) is 0 Å². The number of aryl methyl sites for hydroxylation is 1. The first-order chi connectivity index (χ1) is 14.3. The maximum atomic E-state index is 12.9. The number of amides is 1. The third kappa shape index (κ3) is 4.98. The zero-order chi connectivity index (χ0) is 21.8. The van der Waals surface area contributed by atoms with Crippen LogP contribution in [0.5, 0.6) is 5.75 Å². The number of ether oxygens (including phenoxy) is 2. The van der Waals surface area contributed by atoms with Crippen LogP contribution in [0.15, 0.2) is 18.2 Å². The molecule has 1 heterocycles. The van der Waals surface area contributed by atoms with Gasteiger partial charge < -0.3 is 14.8 Å². The van der Waals surface area contributed by atoms with Gasteiger partial charge in [0.15, 0.2) is 6.10 Å². The predicted molar refractivity (Wildman–Crippen MR) is 121 cm³/mol. The van der Waals surface area contributed by atoms with Crippen molar-refractivity contribution in [2.75, 3.05) is 11.9 Å². The summed E-state index contributed by atoms with van der Waals surface area (Å²) in [6.45, 7) is 7.84. The summed E-state index contributed by atoms with van der Waals surface area (Å²) in [6.07, 6.45) is 3.20. The molecule has 1 aliphatic carbocycles. The van der Waals surface area contributed by atoms with E-state index in [1.165, 1.54) is 16.2 Å². The SMILES string of the molecule is CCOC(=O)c1c(NC(=O)[C@H](C)Oc2ccc(Cl)cc2C)sc2c1CC[C@@H](CC)C2. The minimum Gasteiger partial charge on any atom is -0.481 e. The van der Waals surface area contributed by atoms with Crippen LogP contribution in [0.25, 0.3) is 0 Å². The topological polar surface area (TPSA) is 64.6 Å². The normalized spacial score (nSPS) is 16.5. The van der Waals surface area contributed by atoms with Crippen molar-refractivity contribution in [1.82, 2.24) is 0 Å². The van der Waals surface area contributed by atoms with Crippen LogP contribution in [0.4, 0.5) is 5.00 Å². The number of halogens is 1. The number of rotatable bonds is 7. The van der Waals surface area contributed by atoms with Gasteiger partial charge in [-0.2, -0.15) is 0 Å². The smallest absolute Gasteiger partial charge is 0.341 e. The highest BCUT2D eigenvalue weighted by Crippen LogP contribution is 2.41. The molecule has 0 aliphatic heterocycles. The first kappa shape index (κ1) is 22.6. The second-order valence-corrected chi connectivity index (χ2v) is 9.15. The third-order valence-electron chi connectivity index (χ3n) is 5.47. The molecule has 2 atom stereocenters. The van der Waals surface area contributed by atoms with Crippen molar-refractivity contribution in [2.45, 2.75) is 59.5 Å². The number of hydrogen-bond donors (Lipinski definition) is 1. The molecule has 1 aliphatic rings. The molecule has 0 saturated carbocycles. The molecular formula is C23H28ClNO4S. The van der Waals surface area contributed by atoms with E-state index in [1.54, 1.807) is 32.0 Å². The average Bonchev–Trinajstić information content (AvgIpc) is 3.06. The lowest BCUT2D eigenvalue weighted by atomic mass is 9.85. The van der Waals surface area contributed by atoms with Gasteiger partial charge in [0.05, 0.1) is 12.2 Å². The zero-order valence-corrected chi connectivity index (χ0v) is 19.4. The molecule has 162 valence electrons. The van der Waals surface area contributed by atoms with E-state index in [1.807, 2.05) is 6.92 Å². The molecule has 1 aromatic carbocycles. The molecule has 0 radical (unpaired) electrons. The third-order valence-corrected chi connectivity index (χ3v) is 6.88. The first-order valence-corrected chi connectivity index (χ1v) is 11.6. The Morgan fingerprint density at radius 1 is 1.33 bits per heavy atom. The van der Waals surface area contributed by atoms with Crippen molar-refractivity contribution in [1.29, 1.82) is 0 Å². The van der Waals surface area contributed by atoms with E-state index in [-0.39, 0.29) is 11.9 Å². The van der Waals surface area contributed by atoms with Crippen LogP contribution in [-0.4, -0.2) is 24.6 Å². The molecule has 0 saturated heterocycles. The van der Waals surface area contributed by atoms with Crippen molar-refractivity contribution < 1.29 is 19.1 Å². The fourth-order valence-corrected chi connectivity index (χ4v) is 5.29. The summed E-state index contributed by atoms with van der Waals surface area (Å²) in [6, 6.07) is 5.27. The molecule has 7 heteroatoms. The van der Waals surface area contributed by atoms with Crippen molar-refractivity contribution >= 4 is 39.8 Å². The Balaban J connectivity index is 1.81. The van der Waals surface area contributed by atoms with Gasteiger partial charge in [0.2, 0.25) is 0 Å². The summed E-state index contributed by atoms with van der Waals surface area (Å²) < 4.78 is 11.1. The van der Waals surface area contributed by atoms with Crippen molar-refractivity contribution in [3.63, 3.8) is 0 Å². The van der Waals surface area contributed by atoms with E-state index < -0.39 is 6.10 Å². The summed E-state index contributed by atoms with van der Waals surface area (Å²) in [4.78, 5) is 26.7. The van der Waals surface area contributed by atoms with Crippen LogP contribution < -0.4 is 10.1 Å². The monoisotopic (exact) mass is 449 g/mol. The van der Waals surface area contributed by atoms with E-state index >= 15 is 0 Å². The number of nitrogens with one attached hydrogen (secondary N) is 1. The largest absolute Gasteiger partial charge is 0.481 e. The zero-order valence-electron chi connectivity index (χ0n) is 17.8. The Labute approximate surface area is 186 Å². The maximum absolute atomic E-state index is 12.9. The van der Waals surface area contributed by atoms with Gasteiger partial charge in [-0.05, 0) is 75.3 Å². The highest BCUT2D eigenvalue weighted by molar-refractivity contribution is 7.17. The Bertz CT molecular complexity index is 940. The van der Waals surface area contributed by atoms with E-state index in [0.29, 0.717) is 33.9 Å². The van der Waals surface area contributed by atoms with E-state index in [4.69, 9.17) is 21.1 Å². The standard InChI is InChI=1S/C23H28ClNO4S/c1-5-15-7-9-17-19(12-15)30-22(20(17)23(27)28-6-2)25-21(26)14(4)29-18-10-8-16(24)11-13(18)3/h8,10-11,14-15H,5-7,9,12H2,1-4H3,(H,25,26)/t14-,15+/m0/s1. The number of anilines is 1. The molecule has 0 bridgehead atoms. The molecule has 0 spiro atoms. The second-order valence-electron chi connectivity index (χ2n) is 7.60. The Morgan fingerprint density at radius 2 is 2.10 bits per heavy atom. The van der Waals surface area contributed by atoms with E-state index in [9.17, 15) is 9.59 Å². The van der Waals surface area contributed by atoms with Gasteiger partial charge in [-0.15, -0.1) is 11.3 Å². The molecule has 3 rings (SSSR count). The van der Waals surface area contributed by atoms with E-state index in [0.717, 1.165) is 36.8 Å². The van der Waals surface area contributed by atoms with Crippen LogP contribution in [-0.2, 0) is 22.4 Å². The number of hydrogen-bond acceptors (Lipinski definition) is 5. The Kier molecular flexibility index (Phi) is 7.42. The molecule has 0 unspecified atom stereocenters. The summed E-state index contributed by atoms with van der Waals surface area (Å²) in [5.41, 5.74) is 2.39. The predicted octanol–water partition coefficient (Wildman–Crippen LogP) is 5.81. The van der Waals surface area contributed by atoms with Gasteiger partial charge in [0.1, 0.15) is 10.8 Å². The number of thiophene rings is 1. The molecule has 1 aromatic heterocycles. The van der Waals surface area contributed by atoms with Gasteiger partial charge in [-0.3, -0.25) is 4.79 Å². The fourth-order valence-electron chi connectivity index (χ4n) is 3.71. The first-order valence-electron chi connectivity index (χ1n) is 10.4. The lowest BCUT2D eigenvalue weighted by molar-refractivity contribution is -0.122. The summed E-state index contributed by atoms with van der Waals surface area (Å²) >= 11 is 7.48. The number of esters is 1. The lowest BCUT2D eigenvalue weighted by Crippen LogP contribution is -2.30. The Morgan fingerprint density at radius 3 is 2.77 bits per heavy atom. The van der Waals surface area contributed by atoms with Gasteiger partial charge in [-0.25, -0.2) is 4.79 Å². The van der Waals surface area contributed by atoms with Crippen LogP contribution in [0.2, 0.25) is 5.02 Å². The Hall–Kier alpha value is -2.05. The van der Waals surface area contributed by atoms with Crippen molar-refractivity contribution in [3.05, 3.63) is 44.8 Å². The second kappa shape index (κ2) is 9.84. The summed E-state index contributed by atoms with van der Waals surface area (Å²) in [5, 5.41) is 4.09. The average molecular weight is 450 g/mol. The fraction of sp³-hybridized carbons (Fsp3) is 0.478. The number of benzene rings is 1. The highest BCUT2D eigenvalue weighted by atomic mass is 35.5. The lowest BCUT2D eigenvalue weighted by Gasteiger charge is -2.21. The van der Waals surface area contributed by atoms with Gasteiger partial charge in [0, 0.05) is 9.90 Å². The number of carbonyl (C=O) groups excluding carboxylic acids is 2. The van der Waals surface area contributed by atoms with Crippen molar-refractivity contribution in [2.24, 2.45) is 5.92 Å². The molecule has 1 N–H and O–H groups in total. The molecule has 1 amide bonds. The summed E-state index contributed by atoms with van der Waals surface area (Å²) in [5.74, 6) is 0.539. The molecule has 30 heavy (non-hydrogen) atoms. The van der Waals surface area contributed by atoms with Crippen LogP contribution in [0.1, 0.15) is 60.0 Å². The molecule has 2 aromatic rings. The quantitative estimate of drug-likeness (QED) is 0.542. The van der Waals surface area contributed by atoms with Crippen LogP contribution >= 0.6 is 22.9 Å². The number of carbonyl (C=O) groups is 2. The van der Waals surface area contributed by atoms with Gasteiger partial charge in [0.25, 0.3) is 5.91 Å². The molecule has 5 nitrogen and oxygen atoms in total. The van der Waals surface area contributed by atoms with Gasteiger partial charge in [-0.1, -0.05) is 24.9 Å². The minimum absolute atomic E-state index is 0.295.